The van der Waals surface area contributed by atoms with Gasteiger partial charge in [-0.25, -0.2) is 0 Å². The van der Waals surface area contributed by atoms with Gasteiger partial charge in [0.1, 0.15) is 6.04 Å². The summed E-state index contributed by atoms with van der Waals surface area (Å²) >= 11 is 0. The maximum absolute atomic E-state index is 12.8. The van der Waals surface area contributed by atoms with Crippen LogP contribution in [-0.2, 0) is 11.0 Å². The molecule has 0 aliphatic carbocycles. The lowest BCUT2D eigenvalue weighted by Gasteiger charge is -2.32. The van der Waals surface area contributed by atoms with Crippen molar-refractivity contribution >= 4 is 11.8 Å². The lowest BCUT2D eigenvalue weighted by Crippen LogP contribution is -2.55. The molecule has 0 saturated carbocycles. The zero-order valence-corrected chi connectivity index (χ0v) is 13.9. The number of benzene rings is 1. The lowest BCUT2D eigenvalue weighted by atomic mass is 10.1. The second-order valence-electron chi connectivity index (χ2n) is 5.97. The molecular weight excluding hydrogens is 347 g/mol. The molecule has 0 spiro atoms. The second kappa shape index (κ2) is 6.78. The molecule has 8 heteroatoms. The number of amides is 2. The Hall–Kier alpha value is -2.90. The van der Waals surface area contributed by atoms with Crippen molar-refractivity contribution in [2.24, 2.45) is 0 Å². The number of pyridine rings is 1. The van der Waals surface area contributed by atoms with Gasteiger partial charge in [-0.3, -0.25) is 14.6 Å². The van der Waals surface area contributed by atoms with Gasteiger partial charge in [-0.05, 0) is 31.2 Å². The first-order valence-corrected chi connectivity index (χ1v) is 8.00. The van der Waals surface area contributed by atoms with E-state index in [0.29, 0.717) is 24.2 Å². The van der Waals surface area contributed by atoms with E-state index in [-0.39, 0.29) is 17.5 Å². The monoisotopic (exact) mass is 363 g/mol. The average Bonchev–Trinajstić information content (AvgIpc) is 2.63. The van der Waals surface area contributed by atoms with Crippen molar-refractivity contribution in [2.45, 2.75) is 19.1 Å². The van der Waals surface area contributed by atoms with Gasteiger partial charge in [0.15, 0.2) is 0 Å². The molecule has 2 aromatic rings. The average molecular weight is 363 g/mol. The van der Waals surface area contributed by atoms with Crippen LogP contribution in [0.2, 0.25) is 0 Å². The number of carbonyl (C=O) groups is 2. The van der Waals surface area contributed by atoms with Gasteiger partial charge in [-0.15, -0.1) is 0 Å². The maximum Gasteiger partial charge on any atom is 0.416 e. The number of carbonyl (C=O) groups excluding carboxylic acids is 2. The van der Waals surface area contributed by atoms with Crippen LogP contribution in [0, 0.1) is 0 Å². The Morgan fingerprint density at radius 2 is 1.92 bits per heavy atom. The van der Waals surface area contributed by atoms with Gasteiger partial charge in [0.2, 0.25) is 5.91 Å². The van der Waals surface area contributed by atoms with Crippen LogP contribution in [0.3, 0.4) is 0 Å². The first kappa shape index (κ1) is 17.9. The van der Waals surface area contributed by atoms with E-state index in [1.165, 1.54) is 17.0 Å². The fourth-order valence-electron chi connectivity index (χ4n) is 2.77. The minimum Gasteiger partial charge on any atom is -0.353 e. The zero-order chi connectivity index (χ0) is 18.9. The molecule has 1 N–H and O–H groups in total. The smallest absolute Gasteiger partial charge is 0.353 e. The molecule has 0 radical (unpaired) electrons. The number of aromatic nitrogens is 1. The highest BCUT2D eigenvalue weighted by molar-refractivity contribution is 5.98. The summed E-state index contributed by atoms with van der Waals surface area (Å²) in [5.41, 5.74) is 0.222. The molecule has 1 aromatic carbocycles. The van der Waals surface area contributed by atoms with E-state index in [0.717, 1.165) is 18.3 Å². The Bertz CT molecular complexity index is 834. The number of piperazine rings is 1. The number of hydrogen-bond acceptors (Lipinski definition) is 3. The molecule has 1 aliphatic rings. The summed E-state index contributed by atoms with van der Waals surface area (Å²) in [7, 11) is 0. The molecule has 1 fully saturated rings. The highest BCUT2D eigenvalue weighted by atomic mass is 19.4. The highest BCUT2D eigenvalue weighted by Crippen LogP contribution is 2.31. The van der Waals surface area contributed by atoms with Gasteiger partial charge >= 0.3 is 6.18 Å². The van der Waals surface area contributed by atoms with Crippen LogP contribution in [0.4, 0.5) is 13.2 Å². The SMILES string of the molecule is CC1C(=O)NCCN1C(=O)c1ccc(-c2cc(C(F)(F)F)ccn2)cc1. The van der Waals surface area contributed by atoms with Crippen molar-refractivity contribution in [3.8, 4) is 11.3 Å². The van der Waals surface area contributed by atoms with E-state index in [1.54, 1.807) is 19.1 Å². The highest BCUT2D eigenvalue weighted by Gasteiger charge is 2.31. The molecule has 0 bridgehead atoms. The van der Waals surface area contributed by atoms with Crippen LogP contribution in [0.15, 0.2) is 42.6 Å². The molecule has 136 valence electrons. The van der Waals surface area contributed by atoms with Crippen molar-refractivity contribution in [3.05, 3.63) is 53.7 Å². The third kappa shape index (κ3) is 3.54. The first-order chi connectivity index (χ1) is 12.3. The van der Waals surface area contributed by atoms with Crippen molar-refractivity contribution in [3.63, 3.8) is 0 Å². The minimum atomic E-state index is -4.45. The summed E-state index contributed by atoms with van der Waals surface area (Å²) in [5, 5.41) is 2.68. The number of nitrogens with one attached hydrogen (secondary N) is 1. The molecule has 1 saturated heterocycles. The maximum atomic E-state index is 12.8. The van der Waals surface area contributed by atoms with Crippen molar-refractivity contribution in [2.75, 3.05) is 13.1 Å². The molecule has 26 heavy (non-hydrogen) atoms. The molecule has 2 heterocycles. The Labute approximate surface area is 147 Å². The van der Waals surface area contributed by atoms with E-state index >= 15 is 0 Å². The number of alkyl halides is 3. The van der Waals surface area contributed by atoms with Gasteiger partial charge in [0.05, 0.1) is 11.3 Å². The topological polar surface area (TPSA) is 62.3 Å². The Balaban J connectivity index is 1.83. The number of rotatable bonds is 2. The van der Waals surface area contributed by atoms with Gasteiger partial charge < -0.3 is 10.2 Å². The Morgan fingerprint density at radius 1 is 1.23 bits per heavy atom. The molecular formula is C18H16F3N3O2. The van der Waals surface area contributed by atoms with Crippen molar-refractivity contribution < 1.29 is 22.8 Å². The quantitative estimate of drug-likeness (QED) is 0.893. The minimum absolute atomic E-state index is 0.171. The molecule has 1 atom stereocenters. The molecule has 1 aliphatic heterocycles. The standard InChI is InChI=1S/C18H16F3N3O2/c1-11-16(25)23-8-9-24(11)17(26)13-4-2-12(3-5-13)15-10-14(6-7-22-15)18(19,20)21/h2-7,10-11H,8-9H2,1H3,(H,23,25). The molecule has 1 unspecified atom stereocenters. The Morgan fingerprint density at radius 3 is 2.58 bits per heavy atom. The summed E-state index contributed by atoms with van der Waals surface area (Å²) in [6.45, 7) is 2.44. The van der Waals surface area contributed by atoms with E-state index < -0.39 is 17.8 Å². The van der Waals surface area contributed by atoms with Crippen molar-refractivity contribution in [1.29, 1.82) is 0 Å². The normalized spacial score (nSPS) is 17.8. The van der Waals surface area contributed by atoms with E-state index in [9.17, 15) is 22.8 Å². The molecule has 3 rings (SSSR count). The summed E-state index contributed by atoms with van der Waals surface area (Å²) in [6.07, 6.45) is -3.34. The van der Waals surface area contributed by atoms with Crippen LogP contribution in [0.5, 0.6) is 0 Å². The summed E-state index contributed by atoms with van der Waals surface area (Å²) < 4.78 is 38.5. The van der Waals surface area contributed by atoms with Gasteiger partial charge in [-0.2, -0.15) is 13.2 Å². The van der Waals surface area contributed by atoms with Crippen LogP contribution in [-0.4, -0.2) is 40.8 Å². The fraction of sp³-hybridized carbons (Fsp3) is 0.278. The predicted molar refractivity (Wildman–Crippen MR) is 88.2 cm³/mol. The Kier molecular flexibility index (Phi) is 4.67. The lowest BCUT2D eigenvalue weighted by molar-refractivity contribution is -0.137. The fourth-order valence-corrected chi connectivity index (χ4v) is 2.77. The van der Waals surface area contributed by atoms with Gasteiger partial charge in [0, 0.05) is 30.4 Å². The third-order valence-electron chi connectivity index (χ3n) is 4.27. The van der Waals surface area contributed by atoms with E-state index in [2.05, 4.69) is 10.3 Å². The van der Waals surface area contributed by atoms with Crippen LogP contribution in [0.25, 0.3) is 11.3 Å². The van der Waals surface area contributed by atoms with Crippen LogP contribution >= 0.6 is 0 Å². The second-order valence-corrected chi connectivity index (χ2v) is 5.97. The zero-order valence-electron chi connectivity index (χ0n) is 13.9. The third-order valence-corrected chi connectivity index (χ3v) is 4.27. The summed E-state index contributed by atoms with van der Waals surface area (Å²) in [5.74, 6) is -0.509. The summed E-state index contributed by atoms with van der Waals surface area (Å²) in [4.78, 5) is 29.7. The number of nitrogens with zero attached hydrogens (tertiary/aromatic N) is 2. The van der Waals surface area contributed by atoms with Crippen LogP contribution < -0.4 is 5.32 Å². The largest absolute Gasteiger partial charge is 0.416 e. The van der Waals surface area contributed by atoms with Crippen molar-refractivity contribution in [1.82, 2.24) is 15.2 Å². The number of halogens is 3. The predicted octanol–water partition coefficient (Wildman–Crippen LogP) is 2.73. The summed E-state index contributed by atoms with van der Waals surface area (Å²) in [6, 6.07) is 7.45. The molecule has 1 aromatic heterocycles. The van der Waals surface area contributed by atoms with Gasteiger partial charge in [0.25, 0.3) is 5.91 Å². The van der Waals surface area contributed by atoms with Crippen LogP contribution in [0.1, 0.15) is 22.8 Å². The van der Waals surface area contributed by atoms with E-state index in [4.69, 9.17) is 0 Å². The van der Waals surface area contributed by atoms with E-state index in [1.807, 2.05) is 0 Å². The molecule has 2 amide bonds. The van der Waals surface area contributed by atoms with Gasteiger partial charge in [-0.1, -0.05) is 12.1 Å². The first-order valence-electron chi connectivity index (χ1n) is 8.00. The number of hydrogen-bond donors (Lipinski definition) is 1. The molecule has 5 nitrogen and oxygen atoms in total.